The second-order valence-electron chi connectivity index (χ2n) is 6.83. The second-order valence-corrected chi connectivity index (χ2v) is 6.83. The number of piperidine rings is 1. The third kappa shape index (κ3) is 3.38. The topological polar surface area (TPSA) is 50.5 Å². The van der Waals surface area contributed by atoms with Gasteiger partial charge in [-0.05, 0) is 43.5 Å². The van der Waals surface area contributed by atoms with Crippen molar-refractivity contribution >= 4 is 17.6 Å². The van der Waals surface area contributed by atoms with Crippen molar-refractivity contribution in [2.75, 3.05) is 13.1 Å². The first-order chi connectivity index (χ1) is 12.7. The van der Waals surface area contributed by atoms with Gasteiger partial charge in [-0.3, -0.25) is 9.20 Å². The van der Waals surface area contributed by atoms with Gasteiger partial charge in [0.2, 0.25) is 5.91 Å². The normalized spacial score (nSPS) is 15.8. The Labute approximate surface area is 153 Å². The highest BCUT2D eigenvalue weighted by Gasteiger charge is 2.25. The van der Waals surface area contributed by atoms with Gasteiger partial charge in [-0.1, -0.05) is 35.9 Å². The number of carbonyl (C=O) groups is 1. The van der Waals surface area contributed by atoms with Gasteiger partial charge in [0.1, 0.15) is 5.82 Å². The molecule has 132 valence electrons. The number of benzene rings is 1. The fraction of sp³-hybridized carbons (Fsp3) is 0.286. The molecule has 3 heterocycles. The molecule has 5 nitrogen and oxygen atoms in total. The third-order valence-electron chi connectivity index (χ3n) is 4.97. The largest absolute Gasteiger partial charge is 0.339 e. The molecule has 0 N–H and O–H groups in total. The van der Waals surface area contributed by atoms with Gasteiger partial charge >= 0.3 is 0 Å². The number of pyridine rings is 1. The zero-order valence-electron chi connectivity index (χ0n) is 14.9. The SMILES string of the molecule is Cc1cccc(/C=C/C(=O)N2CCC(c3nnc4ccccn34)CC2)c1. The van der Waals surface area contributed by atoms with E-state index in [1.165, 1.54) is 5.56 Å². The van der Waals surface area contributed by atoms with Crippen LogP contribution in [0.1, 0.15) is 35.7 Å². The van der Waals surface area contributed by atoms with Crippen molar-refractivity contribution in [2.24, 2.45) is 0 Å². The molecule has 0 atom stereocenters. The van der Waals surface area contributed by atoms with Crippen LogP contribution in [0.25, 0.3) is 11.7 Å². The Morgan fingerprint density at radius 1 is 1.12 bits per heavy atom. The predicted molar refractivity (Wildman–Crippen MR) is 102 cm³/mol. The maximum Gasteiger partial charge on any atom is 0.246 e. The van der Waals surface area contributed by atoms with Gasteiger partial charge < -0.3 is 4.90 Å². The van der Waals surface area contributed by atoms with Gasteiger partial charge in [0.05, 0.1) is 0 Å². The van der Waals surface area contributed by atoms with Gasteiger partial charge in [0.15, 0.2) is 5.65 Å². The number of fused-ring (bicyclic) bond motifs is 1. The van der Waals surface area contributed by atoms with Crippen LogP contribution in [-0.2, 0) is 4.79 Å². The van der Waals surface area contributed by atoms with Crippen molar-refractivity contribution in [3.05, 3.63) is 71.7 Å². The number of rotatable bonds is 3. The smallest absolute Gasteiger partial charge is 0.246 e. The molecule has 0 radical (unpaired) electrons. The summed E-state index contributed by atoms with van der Waals surface area (Å²) in [5, 5.41) is 8.61. The molecule has 1 aromatic carbocycles. The minimum atomic E-state index is 0.0797. The van der Waals surface area contributed by atoms with Gasteiger partial charge in [-0.25, -0.2) is 0 Å². The van der Waals surface area contributed by atoms with Crippen LogP contribution in [0.15, 0.2) is 54.7 Å². The van der Waals surface area contributed by atoms with Gasteiger partial charge in [0.25, 0.3) is 0 Å². The molecule has 0 bridgehead atoms. The van der Waals surface area contributed by atoms with E-state index in [0.717, 1.165) is 43.0 Å². The number of hydrogen-bond acceptors (Lipinski definition) is 3. The average molecular weight is 346 g/mol. The van der Waals surface area contributed by atoms with E-state index >= 15 is 0 Å². The van der Waals surface area contributed by atoms with Crippen LogP contribution >= 0.6 is 0 Å². The molecule has 1 amide bonds. The molecular formula is C21H22N4O. The number of nitrogens with zero attached hydrogens (tertiary/aromatic N) is 4. The summed E-state index contributed by atoms with van der Waals surface area (Å²) in [4.78, 5) is 14.4. The molecule has 1 saturated heterocycles. The molecule has 1 aliphatic rings. The van der Waals surface area contributed by atoms with Crippen LogP contribution in [0.4, 0.5) is 0 Å². The number of aromatic nitrogens is 3. The quantitative estimate of drug-likeness (QED) is 0.683. The minimum absolute atomic E-state index is 0.0797. The van der Waals surface area contributed by atoms with Crippen LogP contribution in [0, 0.1) is 6.92 Å². The molecule has 3 aromatic rings. The molecule has 0 spiro atoms. The number of aryl methyl sites for hydroxylation is 1. The monoisotopic (exact) mass is 346 g/mol. The van der Waals surface area contributed by atoms with Crippen LogP contribution in [0.2, 0.25) is 0 Å². The number of hydrogen-bond donors (Lipinski definition) is 0. The lowest BCUT2D eigenvalue weighted by atomic mass is 9.96. The summed E-state index contributed by atoms with van der Waals surface area (Å²) < 4.78 is 2.06. The Kier molecular flexibility index (Phi) is 4.52. The first kappa shape index (κ1) is 16.5. The summed E-state index contributed by atoms with van der Waals surface area (Å²) >= 11 is 0. The molecule has 0 unspecified atom stereocenters. The van der Waals surface area contributed by atoms with E-state index in [4.69, 9.17) is 0 Å². The van der Waals surface area contributed by atoms with Crippen LogP contribution < -0.4 is 0 Å². The summed E-state index contributed by atoms with van der Waals surface area (Å²) in [7, 11) is 0. The average Bonchev–Trinajstić information content (AvgIpc) is 3.10. The minimum Gasteiger partial charge on any atom is -0.339 e. The van der Waals surface area contributed by atoms with Gasteiger partial charge in [-0.15, -0.1) is 10.2 Å². The lowest BCUT2D eigenvalue weighted by molar-refractivity contribution is -0.127. The van der Waals surface area contributed by atoms with Crippen molar-refractivity contribution in [2.45, 2.75) is 25.7 Å². The number of carbonyl (C=O) groups excluding carboxylic acids is 1. The predicted octanol–water partition coefficient (Wildman–Crippen LogP) is 3.46. The lowest BCUT2D eigenvalue weighted by Crippen LogP contribution is -2.37. The zero-order chi connectivity index (χ0) is 17.9. The first-order valence-corrected chi connectivity index (χ1v) is 9.04. The summed E-state index contributed by atoms with van der Waals surface area (Å²) in [5.74, 6) is 1.43. The second kappa shape index (κ2) is 7.12. The van der Waals surface area contributed by atoms with E-state index in [2.05, 4.69) is 33.7 Å². The maximum atomic E-state index is 12.5. The summed E-state index contributed by atoms with van der Waals surface area (Å²) in [6, 6.07) is 14.1. The number of amides is 1. The fourth-order valence-electron chi connectivity index (χ4n) is 3.54. The van der Waals surface area contributed by atoms with Crippen molar-refractivity contribution < 1.29 is 4.79 Å². The molecule has 5 heteroatoms. The number of likely N-dealkylation sites (tertiary alicyclic amines) is 1. The highest BCUT2D eigenvalue weighted by Crippen LogP contribution is 2.27. The van der Waals surface area contributed by atoms with Gasteiger partial charge in [0, 0.05) is 31.3 Å². The Balaban J connectivity index is 1.39. The maximum absolute atomic E-state index is 12.5. The fourth-order valence-corrected chi connectivity index (χ4v) is 3.54. The molecule has 0 saturated carbocycles. The van der Waals surface area contributed by atoms with E-state index in [-0.39, 0.29) is 5.91 Å². The molecular weight excluding hydrogens is 324 g/mol. The first-order valence-electron chi connectivity index (χ1n) is 9.04. The van der Waals surface area contributed by atoms with E-state index in [1.807, 2.05) is 47.5 Å². The standard InChI is InChI=1S/C21H22N4O/c1-16-5-4-6-17(15-16)8-9-20(26)24-13-10-18(11-14-24)21-23-22-19-7-2-3-12-25(19)21/h2-9,12,15,18H,10-11,13-14H2,1H3/b9-8+. The summed E-state index contributed by atoms with van der Waals surface area (Å²) in [6.45, 7) is 3.56. The van der Waals surface area contributed by atoms with Gasteiger partial charge in [-0.2, -0.15) is 0 Å². The Hall–Kier alpha value is -2.95. The van der Waals surface area contributed by atoms with Crippen molar-refractivity contribution in [1.82, 2.24) is 19.5 Å². The molecule has 2 aromatic heterocycles. The van der Waals surface area contributed by atoms with E-state index < -0.39 is 0 Å². The third-order valence-corrected chi connectivity index (χ3v) is 4.97. The van der Waals surface area contributed by atoms with Crippen LogP contribution in [0.3, 0.4) is 0 Å². The molecule has 26 heavy (non-hydrogen) atoms. The van der Waals surface area contributed by atoms with Crippen molar-refractivity contribution in [3.63, 3.8) is 0 Å². The molecule has 0 aliphatic carbocycles. The zero-order valence-corrected chi connectivity index (χ0v) is 14.9. The molecule has 1 fully saturated rings. The van der Waals surface area contributed by atoms with Crippen LogP contribution in [0.5, 0.6) is 0 Å². The highest BCUT2D eigenvalue weighted by molar-refractivity contribution is 5.91. The van der Waals surface area contributed by atoms with Crippen molar-refractivity contribution in [1.29, 1.82) is 0 Å². The highest BCUT2D eigenvalue weighted by atomic mass is 16.2. The summed E-state index contributed by atoms with van der Waals surface area (Å²) in [6.07, 6.45) is 7.42. The van der Waals surface area contributed by atoms with Crippen LogP contribution in [-0.4, -0.2) is 38.5 Å². The van der Waals surface area contributed by atoms with E-state index in [0.29, 0.717) is 5.92 Å². The van der Waals surface area contributed by atoms with E-state index in [9.17, 15) is 4.79 Å². The summed E-state index contributed by atoms with van der Waals surface area (Å²) in [5.41, 5.74) is 3.13. The Morgan fingerprint density at radius 3 is 2.77 bits per heavy atom. The lowest BCUT2D eigenvalue weighted by Gasteiger charge is -2.30. The Morgan fingerprint density at radius 2 is 1.96 bits per heavy atom. The Bertz CT molecular complexity index is 951. The van der Waals surface area contributed by atoms with E-state index in [1.54, 1.807) is 6.08 Å². The molecule has 1 aliphatic heterocycles. The molecule has 4 rings (SSSR count). The van der Waals surface area contributed by atoms with Crippen molar-refractivity contribution in [3.8, 4) is 0 Å².